The lowest BCUT2D eigenvalue weighted by Crippen LogP contribution is -2.63. The van der Waals surface area contributed by atoms with E-state index in [1.54, 1.807) is 24.3 Å². The van der Waals surface area contributed by atoms with Gasteiger partial charge in [-0.15, -0.1) is 0 Å². The van der Waals surface area contributed by atoms with Crippen molar-refractivity contribution in [1.82, 2.24) is 5.32 Å². The molecule has 0 atom stereocenters. The molecule has 0 radical (unpaired) electrons. The van der Waals surface area contributed by atoms with Crippen molar-refractivity contribution < 1.29 is 14.6 Å². The quantitative estimate of drug-likeness (QED) is 0.788. The number of nitrogens with one attached hydrogen (secondary N) is 1. The van der Waals surface area contributed by atoms with Crippen LogP contribution < -0.4 is 10.2 Å². The predicted molar refractivity (Wildman–Crippen MR) is 71.2 cm³/mol. The van der Waals surface area contributed by atoms with Gasteiger partial charge in [0.25, 0.3) is 5.91 Å². The fraction of sp³-hybridized carbons (Fsp3) is 0.500. The standard InChI is InChI=1S/C14H18N2O3/c17-12-3-1-11(2-4-12)16-13(18)9-19-10-14(16)5-7-15-8-6-14/h1-4,15,17H,5-10H2. The summed E-state index contributed by atoms with van der Waals surface area (Å²) in [5, 5.41) is 12.7. The van der Waals surface area contributed by atoms with Crippen molar-refractivity contribution in [3.8, 4) is 5.75 Å². The van der Waals surface area contributed by atoms with Crippen LogP contribution >= 0.6 is 0 Å². The first kappa shape index (κ1) is 12.4. The van der Waals surface area contributed by atoms with Crippen molar-refractivity contribution in [3.05, 3.63) is 24.3 Å². The maximum absolute atomic E-state index is 12.3. The van der Waals surface area contributed by atoms with E-state index >= 15 is 0 Å². The second-order valence-electron chi connectivity index (χ2n) is 5.21. The van der Waals surface area contributed by atoms with E-state index in [9.17, 15) is 9.90 Å². The number of morpholine rings is 1. The molecule has 0 unspecified atom stereocenters. The Kier molecular flexibility index (Phi) is 3.16. The van der Waals surface area contributed by atoms with Gasteiger partial charge in [-0.25, -0.2) is 0 Å². The van der Waals surface area contributed by atoms with Crippen LogP contribution in [-0.2, 0) is 9.53 Å². The molecular weight excluding hydrogens is 244 g/mol. The second kappa shape index (κ2) is 4.83. The van der Waals surface area contributed by atoms with Crippen LogP contribution in [0.2, 0.25) is 0 Å². The number of piperidine rings is 1. The normalized spacial score (nSPS) is 22.7. The number of phenols is 1. The number of carbonyl (C=O) groups is 1. The number of nitrogens with zero attached hydrogens (tertiary/aromatic N) is 1. The molecule has 2 aliphatic heterocycles. The molecule has 2 N–H and O–H groups in total. The van der Waals surface area contributed by atoms with Crippen molar-refractivity contribution in [2.75, 3.05) is 31.2 Å². The minimum Gasteiger partial charge on any atom is -0.508 e. The van der Waals surface area contributed by atoms with E-state index in [1.807, 2.05) is 4.90 Å². The number of rotatable bonds is 1. The highest BCUT2D eigenvalue weighted by molar-refractivity contribution is 5.96. The molecule has 102 valence electrons. The van der Waals surface area contributed by atoms with Crippen LogP contribution in [0.25, 0.3) is 0 Å². The summed E-state index contributed by atoms with van der Waals surface area (Å²) < 4.78 is 5.48. The molecule has 2 saturated heterocycles. The van der Waals surface area contributed by atoms with Crippen molar-refractivity contribution in [3.63, 3.8) is 0 Å². The van der Waals surface area contributed by atoms with Gasteiger partial charge < -0.3 is 20.1 Å². The third-order valence-corrected chi connectivity index (χ3v) is 3.96. The molecule has 0 aromatic heterocycles. The lowest BCUT2D eigenvalue weighted by molar-refractivity contribution is -0.131. The summed E-state index contributed by atoms with van der Waals surface area (Å²) in [5.74, 6) is 0.211. The van der Waals surface area contributed by atoms with Crippen LogP contribution in [0.1, 0.15) is 12.8 Å². The minimum atomic E-state index is -0.239. The average Bonchev–Trinajstić information content (AvgIpc) is 2.42. The number of anilines is 1. The molecule has 1 aromatic rings. The highest BCUT2D eigenvalue weighted by Crippen LogP contribution is 2.35. The molecule has 19 heavy (non-hydrogen) atoms. The summed E-state index contributed by atoms with van der Waals surface area (Å²) in [6, 6.07) is 6.82. The van der Waals surface area contributed by atoms with Gasteiger partial charge >= 0.3 is 0 Å². The summed E-state index contributed by atoms with van der Waals surface area (Å²) >= 11 is 0. The molecule has 1 spiro atoms. The van der Waals surface area contributed by atoms with Gasteiger partial charge in [0.1, 0.15) is 12.4 Å². The van der Waals surface area contributed by atoms with Gasteiger partial charge in [0.15, 0.2) is 0 Å². The number of hydrogen-bond acceptors (Lipinski definition) is 4. The highest BCUT2D eigenvalue weighted by Gasteiger charge is 2.44. The molecule has 0 aliphatic carbocycles. The van der Waals surface area contributed by atoms with Crippen LogP contribution in [0, 0.1) is 0 Å². The number of benzene rings is 1. The first-order valence-electron chi connectivity index (χ1n) is 6.62. The first-order chi connectivity index (χ1) is 9.21. The molecule has 3 rings (SSSR count). The molecule has 2 aliphatic rings. The zero-order chi connectivity index (χ0) is 13.3. The molecule has 5 nitrogen and oxygen atoms in total. The van der Waals surface area contributed by atoms with E-state index in [0.29, 0.717) is 6.61 Å². The number of amides is 1. The van der Waals surface area contributed by atoms with E-state index in [0.717, 1.165) is 31.6 Å². The number of phenolic OH excluding ortho intramolecular Hbond substituents is 1. The van der Waals surface area contributed by atoms with E-state index < -0.39 is 0 Å². The third-order valence-electron chi connectivity index (χ3n) is 3.96. The second-order valence-corrected chi connectivity index (χ2v) is 5.21. The van der Waals surface area contributed by atoms with Crippen molar-refractivity contribution in [2.45, 2.75) is 18.4 Å². The number of aromatic hydroxyl groups is 1. The lowest BCUT2D eigenvalue weighted by atomic mass is 9.85. The Bertz CT molecular complexity index is 461. The van der Waals surface area contributed by atoms with E-state index in [-0.39, 0.29) is 23.8 Å². The summed E-state index contributed by atoms with van der Waals surface area (Å²) in [6.45, 7) is 2.51. The summed E-state index contributed by atoms with van der Waals surface area (Å²) in [7, 11) is 0. The minimum absolute atomic E-state index is 0.00107. The summed E-state index contributed by atoms with van der Waals surface area (Å²) in [4.78, 5) is 14.1. The zero-order valence-electron chi connectivity index (χ0n) is 10.8. The molecule has 0 saturated carbocycles. The van der Waals surface area contributed by atoms with Gasteiger partial charge in [0.2, 0.25) is 0 Å². The van der Waals surface area contributed by atoms with Crippen LogP contribution in [0.5, 0.6) is 5.75 Å². The Morgan fingerprint density at radius 1 is 1.21 bits per heavy atom. The van der Waals surface area contributed by atoms with Gasteiger partial charge in [-0.3, -0.25) is 4.79 Å². The SMILES string of the molecule is O=C1COCC2(CCNCC2)N1c1ccc(O)cc1. The largest absolute Gasteiger partial charge is 0.508 e. The predicted octanol–water partition coefficient (Wildman–Crippen LogP) is 0.878. The molecule has 2 fully saturated rings. The van der Waals surface area contributed by atoms with E-state index in [4.69, 9.17) is 4.74 Å². The van der Waals surface area contributed by atoms with Crippen molar-refractivity contribution in [2.24, 2.45) is 0 Å². The Balaban J connectivity index is 1.97. The average molecular weight is 262 g/mol. The van der Waals surface area contributed by atoms with Crippen LogP contribution in [-0.4, -0.2) is 42.9 Å². The fourth-order valence-electron chi connectivity index (χ4n) is 3.00. The molecule has 5 heteroatoms. The lowest BCUT2D eigenvalue weighted by Gasteiger charge is -2.49. The monoisotopic (exact) mass is 262 g/mol. The van der Waals surface area contributed by atoms with Crippen molar-refractivity contribution in [1.29, 1.82) is 0 Å². The first-order valence-corrected chi connectivity index (χ1v) is 6.62. The smallest absolute Gasteiger partial charge is 0.253 e. The van der Waals surface area contributed by atoms with Gasteiger partial charge in [-0.2, -0.15) is 0 Å². The molecule has 2 heterocycles. The topological polar surface area (TPSA) is 61.8 Å². The fourth-order valence-corrected chi connectivity index (χ4v) is 3.00. The molecule has 1 amide bonds. The van der Waals surface area contributed by atoms with Crippen LogP contribution in [0.3, 0.4) is 0 Å². The van der Waals surface area contributed by atoms with Crippen LogP contribution in [0.15, 0.2) is 24.3 Å². The molecular formula is C14H18N2O3. The number of carbonyl (C=O) groups excluding carboxylic acids is 1. The highest BCUT2D eigenvalue weighted by atomic mass is 16.5. The van der Waals surface area contributed by atoms with Gasteiger partial charge in [-0.05, 0) is 50.2 Å². The zero-order valence-corrected chi connectivity index (χ0v) is 10.8. The Hall–Kier alpha value is -1.59. The molecule has 0 bridgehead atoms. The Labute approximate surface area is 112 Å². The van der Waals surface area contributed by atoms with Crippen LogP contribution in [0.4, 0.5) is 5.69 Å². The Morgan fingerprint density at radius 3 is 2.58 bits per heavy atom. The van der Waals surface area contributed by atoms with Gasteiger partial charge in [0.05, 0.1) is 12.1 Å². The van der Waals surface area contributed by atoms with Gasteiger partial charge in [-0.1, -0.05) is 0 Å². The summed E-state index contributed by atoms with van der Waals surface area (Å²) in [6.07, 6.45) is 1.78. The number of ether oxygens (including phenoxy) is 1. The van der Waals surface area contributed by atoms with E-state index in [1.165, 1.54) is 0 Å². The Morgan fingerprint density at radius 2 is 1.89 bits per heavy atom. The maximum atomic E-state index is 12.3. The van der Waals surface area contributed by atoms with E-state index in [2.05, 4.69) is 5.32 Å². The third kappa shape index (κ3) is 2.19. The maximum Gasteiger partial charge on any atom is 0.253 e. The van der Waals surface area contributed by atoms with Gasteiger partial charge in [0, 0.05) is 5.69 Å². The van der Waals surface area contributed by atoms with Crippen molar-refractivity contribution >= 4 is 11.6 Å². The molecule has 1 aromatic carbocycles. The summed E-state index contributed by atoms with van der Waals surface area (Å²) in [5.41, 5.74) is 0.602. The number of hydrogen-bond donors (Lipinski definition) is 2.